The van der Waals surface area contributed by atoms with E-state index in [0.717, 1.165) is 25.8 Å². The molecule has 0 fully saturated rings. The van der Waals surface area contributed by atoms with Crippen molar-refractivity contribution < 1.29 is 19.0 Å². The molecule has 0 radical (unpaired) electrons. The maximum absolute atomic E-state index is 12.6. The van der Waals surface area contributed by atoms with Crippen molar-refractivity contribution in [1.29, 1.82) is 0 Å². The highest BCUT2D eigenvalue weighted by Crippen LogP contribution is 2.22. The zero-order valence-corrected chi connectivity index (χ0v) is 38.1. The maximum atomic E-state index is 12.6. The highest BCUT2D eigenvalue weighted by atomic mass is 16.5. The van der Waals surface area contributed by atoms with E-state index in [4.69, 9.17) is 14.2 Å². The zero-order valence-electron chi connectivity index (χ0n) is 38.1. The van der Waals surface area contributed by atoms with E-state index < -0.39 is 0 Å². The number of hydrogen-bond donors (Lipinski definition) is 1. The van der Waals surface area contributed by atoms with Crippen LogP contribution in [0.2, 0.25) is 0 Å². The summed E-state index contributed by atoms with van der Waals surface area (Å²) in [6.07, 6.45) is 46.8. The van der Waals surface area contributed by atoms with E-state index in [1.807, 2.05) is 0 Å². The van der Waals surface area contributed by atoms with Gasteiger partial charge in [0.2, 0.25) is 0 Å². The van der Waals surface area contributed by atoms with Gasteiger partial charge in [0.25, 0.3) is 0 Å². The van der Waals surface area contributed by atoms with Crippen molar-refractivity contribution in [2.24, 2.45) is 5.92 Å². The van der Waals surface area contributed by atoms with Crippen LogP contribution in [0.1, 0.15) is 266 Å². The second-order valence-electron chi connectivity index (χ2n) is 18.3. The second-order valence-corrected chi connectivity index (χ2v) is 18.3. The minimum Gasteiger partial charge on any atom is -0.450 e. The van der Waals surface area contributed by atoms with Gasteiger partial charge in [-0.25, -0.2) is 4.79 Å². The minimum absolute atomic E-state index is 0.173. The molecule has 0 saturated heterocycles. The van der Waals surface area contributed by atoms with Crippen molar-refractivity contribution in [1.82, 2.24) is 5.32 Å². The Labute approximate surface area is 339 Å². The quantitative estimate of drug-likeness (QED) is 0.0628. The molecule has 0 atom stereocenters. The summed E-state index contributed by atoms with van der Waals surface area (Å²) < 4.78 is 17.2. The van der Waals surface area contributed by atoms with E-state index in [0.29, 0.717) is 19.1 Å². The molecule has 5 heteroatoms. The third kappa shape index (κ3) is 39.4. The van der Waals surface area contributed by atoms with Crippen molar-refractivity contribution in [2.45, 2.75) is 277 Å². The topological polar surface area (TPSA) is 56.8 Å². The van der Waals surface area contributed by atoms with Gasteiger partial charge >= 0.3 is 6.09 Å². The predicted molar refractivity (Wildman–Crippen MR) is 237 cm³/mol. The Bertz CT molecular complexity index is 735. The third-order valence-corrected chi connectivity index (χ3v) is 11.9. The first kappa shape index (κ1) is 53.2. The smallest absolute Gasteiger partial charge is 0.407 e. The van der Waals surface area contributed by atoms with Crippen LogP contribution in [-0.2, 0) is 14.2 Å². The van der Waals surface area contributed by atoms with Gasteiger partial charge in [0.05, 0.1) is 24.4 Å². The molecule has 1 N–H and O–H groups in total. The van der Waals surface area contributed by atoms with E-state index in [2.05, 4.69) is 46.9 Å². The first-order valence-electron chi connectivity index (χ1n) is 24.3. The summed E-state index contributed by atoms with van der Waals surface area (Å²) in [6.45, 7) is 14.9. The molecule has 324 valence electrons. The molecule has 0 spiro atoms. The Balaban J connectivity index is 4.26. The monoisotopic (exact) mass is 766 g/mol. The maximum Gasteiger partial charge on any atom is 0.407 e. The molecule has 0 saturated carbocycles. The zero-order chi connectivity index (χ0) is 39.9. The van der Waals surface area contributed by atoms with E-state index in [1.54, 1.807) is 7.11 Å². The van der Waals surface area contributed by atoms with Gasteiger partial charge in [-0.2, -0.15) is 0 Å². The molecular formula is C49H99NO4. The van der Waals surface area contributed by atoms with Crippen LogP contribution in [0.15, 0.2) is 0 Å². The molecule has 0 bridgehead atoms. The van der Waals surface area contributed by atoms with Crippen LogP contribution < -0.4 is 5.32 Å². The fourth-order valence-electron chi connectivity index (χ4n) is 7.65. The molecule has 0 rings (SSSR count). The summed E-state index contributed by atoms with van der Waals surface area (Å²) in [7, 11) is 1.75. The average Bonchev–Trinajstić information content (AvgIpc) is 3.15. The fourth-order valence-corrected chi connectivity index (χ4v) is 7.65. The SMILES string of the molecule is CCCCCCCCCCCCCCCCCC(CCCCCCCCCCCCCCCCC)CNC(=O)OCCCC(C)(C)OCCC(C)(C)OC. The Morgan fingerprint density at radius 3 is 1.17 bits per heavy atom. The standard InChI is InChI=1S/C49H99NO4/c1-8-10-12-14-16-18-20-22-24-26-28-30-32-34-36-39-46(40-37-35-33-31-29-27-25-23-21-19-17-15-13-11-9-2)45-50-47(51)53-43-38-41-49(5,6)54-44-42-48(3,4)52-7/h46H,8-45H2,1-7H3,(H,50,51). The van der Waals surface area contributed by atoms with Gasteiger partial charge in [0, 0.05) is 13.7 Å². The first-order chi connectivity index (χ1) is 26.2. The number of alkyl carbamates (subject to hydrolysis) is 1. The Hall–Kier alpha value is -0.810. The van der Waals surface area contributed by atoms with E-state index in [-0.39, 0.29) is 17.3 Å². The Kier molecular flexibility index (Phi) is 38.5. The van der Waals surface area contributed by atoms with Crippen molar-refractivity contribution in [3.8, 4) is 0 Å². The molecule has 0 unspecified atom stereocenters. The van der Waals surface area contributed by atoms with Crippen LogP contribution in [0.3, 0.4) is 0 Å². The minimum atomic E-state index is -0.256. The van der Waals surface area contributed by atoms with E-state index in [1.165, 1.54) is 205 Å². The van der Waals surface area contributed by atoms with Gasteiger partial charge in [0.1, 0.15) is 0 Å². The van der Waals surface area contributed by atoms with Gasteiger partial charge < -0.3 is 19.5 Å². The molecule has 0 aliphatic carbocycles. The average molecular weight is 766 g/mol. The molecule has 0 aliphatic rings. The van der Waals surface area contributed by atoms with Crippen molar-refractivity contribution in [2.75, 3.05) is 26.9 Å². The van der Waals surface area contributed by atoms with Gasteiger partial charge in [-0.1, -0.05) is 206 Å². The van der Waals surface area contributed by atoms with Gasteiger partial charge in [-0.3, -0.25) is 0 Å². The molecule has 54 heavy (non-hydrogen) atoms. The number of carbonyl (C=O) groups excluding carboxylic acids is 1. The van der Waals surface area contributed by atoms with Crippen LogP contribution in [0.25, 0.3) is 0 Å². The lowest BCUT2D eigenvalue weighted by molar-refractivity contribution is -0.0630. The summed E-state index contributed by atoms with van der Waals surface area (Å²) in [5.74, 6) is 0.560. The van der Waals surface area contributed by atoms with Crippen LogP contribution in [0.4, 0.5) is 4.79 Å². The number of nitrogens with one attached hydrogen (secondary N) is 1. The first-order valence-corrected chi connectivity index (χ1v) is 24.3. The number of ether oxygens (including phenoxy) is 3. The molecule has 0 heterocycles. The van der Waals surface area contributed by atoms with Crippen molar-refractivity contribution in [3.63, 3.8) is 0 Å². The number of hydrogen-bond acceptors (Lipinski definition) is 4. The molecule has 0 aliphatic heterocycles. The molecule has 0 aromatic carbocycles. The largest absolute Gasteiger partial charge is 0.450 e. The molecular weight excluding hydrogens is 667 g/mol. The highest BCUT2D eigenvalue weighted by molar-refractivity contribution is 5.67. The summed E-state index contributed by atoms with van der Waals surface area (Å²) >= 11 is 0. The van der Waals surface area contributed by atoms with E-state index in [9.17, 15) is 4.79 Å². The van der Waals surface area contributed by atoms with Gasteiger partial charge in [0.15, 0.2) is 0 Å². The lowest BCUT2D eigenvalue weighted by Gasteiger charge is -2.28. The third-order valence-electron chi connectivity index (χ3n) is 11.9. The fraction of sp³-hybridized carbons (Fsp3) is 0.980. The summed E-state index contributed by atoms with van der Waals surface area (Å²) in [4.78, 5) is 12.6. The molecule has 0 aromatic heterocycles. The summed E-state index contributed by atoms with van der Waals surface area (Å²) in [5.41, 5.74) is -0.414. The number of methoxy groups -OCH3 is 1. The Morgan fingerprint density at radius 1 is 0.463 bits per heavy atom. The van der Waals surface area contributed by atoms with Crippen LogP contribution in [0, 0.1) is 5.92 Å². The lowest BCUT2D eigenvalue weighted by atomic mass is 9.94. The van der Waals surface area contributed by atoms with Gasteiger partial charge in [-0.15, -0.1) is 0 Å². The molecule has 1 amide bonds. The van der Waals surface area contributed by atoms with E-state index >= 15 is 0 Å². The summed E-state index contributed by atoms with van der Waals surface area (Å²) in [6, 6.07) is 0. The lowest BCUT2D eigenvalue weighted by Crippen LogP contribution is -2.31. The normalized spacial score (nSPS) is 12.2. The molecule has 0 aromatic rings. The highest BCUT2D eigenvalue weighted by Gasteiger charge is 2.22. The van der Waals surface area contributed by atoms with Crippen LogP contribution >= 0.6 is 0 Å². The number of carbonyl (C=O) groups is 1. The number of amides is 1. The number of rotatable bonds is 43. The van der Waals surface area contributed by atoms with Crippen LogP contribution in [-0.4, -0.2) is 44.2 Å². The number of unbranched alkanes of at least 4 members (excludes halogenated alkanes) is 28. The molecule has 5 nitrogen and oxygen atoms in total. The van der Waals surface area contributed by atoms with Gasteiger partial charge in [-0.05, 0) is 65.7 Å². The predicted octanol–water partition coefficient (Wildman–Crippen LogP) is 16.2. The Morgan fingerprint density at radius 2 is 0.815 bits per heavy atom. The second kappa shape index (κ2) is 39.0. The van der Waals surface area contributed by atoms with Crippen LogP contribution in [0.5, 0.6) is 0 Å². The van der Waals surface area contributed by atoms with Crippen molar-refractivity contribution >= 4 is 6.09 Å². The van der Waals surface area contributed by atoms with Crippen molar-refractivity contribution in [3.05, 3.63) is 0 Å². The summed E-state index contributed by atoms with van der Waals surface area (Å²) in [5, 5.41) is 3.14.